The molecule has 0 atom stereocenters. The van der Waals surface area contributed by atoms with E-state index >= 15 is 0 Å². The molecule has 1 saturated carbocycles. The predicted octanol–water partition coefficient (Wildman–Crippen LogP) is 2.61. The first-order valence-electron chi connectivity index (χ1n) is 6.03. The summed E-state index contributed by atoms with van der Waals surface area (Å²) in [6.45, 7) is 0. The zero-order valence-corrected chi connectivity index (χ0v) is 9.93. The van der Waals surface area contributed by atoms with Crippen LogP contribution in [0.1, 0.15) is 37.8 Å². The highest BCUT2D eigenvalue weighted by Gasteiger charge is 2.18. The number of rotatable bonds is 3. The molecule has 1 aromatic rings. The van der Waals surface area contributed by atoms with Crippen LogP contribution in [0.15, 0.2) is 12.1 Å². The summed E-state index contributed by atoms with van der Waals surface area (Å²) in [5, 5.41) is 22.8. The van der Waals surface area contributed by atoms with Crippen LogP contribution in [0.4, 0.5) is 11.5 Å². The molecule has 0 radical (unpaired) electrons. The van der Waals surface area contributed by atoms with Gasteiger partial charge in [0, 0.05) is 12.1 Å². The van der Waals surface area contributed by atoms with Crippen molar-refractivity contribution in [1.82, 2.24) is 4.98 Å². The van der Waals surface area contributed by atoms with Crippen LogP contribution in [-0.2, 0) is 0 Å². The Hall–Kier alpha value is -2.16. The van der Waals surface area contributed by atoms with Crippen LogP contribution >= 0.6 is 0 Å². The largest absolute Gasteiger partial charge is 0.367 e. The van der Waals surface area contributed by atoms with Crippen molar-refractivity contribution in [2.75, 3.05) is 5.32 Å². The van der Waals surface area contributed by atoms with Crippen molar-refractivity contribution in [1.29, 1.82) is 5.26 Å². The highest BCUT2D eigenvalue weighted by atomic mass is 16.6. The zero-order valence-electron chi connectivity index (χ0n) is 9.93. The van der Waals surface area contributed by atoms with Gasteiger partial charge in [-0.3, -0.25) is 10.1 Å². The summed E-state index contributed by atoms with van der Waals surface area (Å²) in [7, 11) is 0. The van der Waals surface area contributed by atoms with Crippen molar-refractivity contribution in [3.05, 3.63) is 27.9 Å². The third-order valence-corrected chi connectivity index (χ3v) is 3.13. The first-order chi connectivity index (χ1) is 8.70. The van der Waals surface area contributed by atoms with Crippen LogP contribution in [0.5, 0.6) is 0 Å². The lowest BCUT2D eigenvalue weighted by atomic mass is 9.95. The molecule has 0 aromatic carbocycles. The molecule has 1 heterocycles. The molecular weight excluding hydrogens is 232 g/mol. The highest BCUT2D eigenvalue weighted by molar-refractivity contribution is 5.50. The second-order valence-electron chi connectivity index (χ2n) is 4.41. The summed E-state index contributed by atoms with van der Waals surface area (Å²) in [4.78, 5) is 14.1. The van der Waals surface area contributed by atoms with Gasteiger partial charge in [0.1, 0.15) is 11.9 Å². The third kappa shape index (κ3) is 2.74. The fraction of sp³-hybridized carbons (Fsp3) is 0.500. The minimum absolute atomic E-state index is 0.138. The Morgan fingerprint density at radius 3 is 2.72 bits per heavy atom. The topological polar surface area (TPSA) is 91.8 Å². The SMILES string of the molecule is N#Cc1nc(NC2CCCCC2)ccc1[N+](=O)[O-]. The van der Waals surface area contributed by atoms with E-state index in [-0.39, 0.29) is 11.4 Å². The van der Waals surface area contributed by atoms with Crippen molar-refractivity contribution in [3.63, 3.8) is 0 Å². The van der Waals surface area contributed by atoms with Crippen molar-refractivity contribution in [2.45, 2.75) is 38.1 Å². The number of hydrogen-bond acceptors (Lipinski definition) is 5. The molecule has 6 nitrogen and oxygen atoms in total. The van der Waals surface area contributed by atoms with Gasteiger partial charge in [-0.25, -0.2) is 4.98 Å². The fourth-order valence-corrected chi connectivity index (χ4v) is 2.22. The van der Waals surface area contributed by atoms with Crippen molar-refractivity contribution in [2.24, 2.45) is 0 Å². The standard InChI is InChI=1S/C12H14N4O2/c13-8-10-11(16(17)18)6-7-12(15-10)14-9-4-2-1-3-5-9/h6-7,9H,1-5H2,(H,14,15). The Bertz CT molecular complexity index is 489. The summed E-state index contributed by atoms with van der Waals surface area (Å²) >= 11 is 0. The van der Waals surface area contributed by atoms with Crippen LogP contribution in [0.2, 0.25) is 0 Å². The molecule has 0 saturated heterocycles. The normalized spacial score (nSPS) is 15.9. The number of nitrogens with one attached hydrogen (secondary N) is 1. The van der Waals surface area contributed by atoms with Crippen molar-refractivity contribution >= 4 is 11.5 Å². The van der Waals surface area contributed by atoms with E-state index in [1.807, 2.05) is 0 Å². The quantitative estimate of drug-likeness (QED) is 0.653. The third-order valence-electron chi connectivity index (χ3n) is 3.13. The first-order valence-corrected chi connectivity index (χ1v) is 6.03. The molecule has 6 heteroatoms. The number of anilines is 1. The van der Waals surface area contributed by atoms with Gasteiger partial charge < -0.3 is 5.32 Å². The monoisotopic (exact) mass is 246 g/mol. The molecule has 1 fully saturated rings. The number of pyridine rings is 1. The lowest BCUT2D eigenvalue weighted by Gasteiger charge is -2.23. The van der Waals surface area contributed by atoms with Gasteiger partial charge in [-0.15, -0.1) is 0 Å². The molecule has 2 rings (SSSR count). The molecule has 1 aliphatic rings. The van der Waals surface area contributed by atoms with Crippen molar-refractivity contribution in [3.8, 4) is 6.07 Å². The van der Waals surface area contributed by atoms with Crippen LogP contribution in [-0.4, -0.2) is 15.9 Å². The van der Waals surface area contributed by atoms with E-state index in [9.17, 15) is 10.1 Å². The maximum absolute atomic E-state index is 10.7. The second kappa shape index (κ2) is 5.45. The fourth-order valence-electron chi connectivity index (χ4n) is 2.22. The maximum atomic E-state index is 10.7. The molecule has 1 aliphatic carbocycles. The molecule has 0 bridgehead atoms. The van der Waals surface area contributed by atoms with E-state index in [2.05, 4.69) is 10.3 Å². The Labute approximate surface area is 105 Å². The summed E-state index contributed by atoms with van der Waals surface area (Å²) < 4.78 is 0. The van der Waals surface area contributed by atoms with Crippen LogP contribution in [0.3, 0.4) is 0 Å². The minimum atomic E-state index is -0.587. The summed E-state index contributed by atoms with van der Waals surface area (Å²) in [5.41, 5.74) is -0.382. The number of hydrogen-bond donors (Lipinski definition) is 1. The van der Waals surface area contributed by atoms with Crippen LogP contribution in [0, 0.1) is 21.4 Å². The highest BCUT2D eigenvalue weighted by Crippen LogP contribution is 2.23. The summed E-state index contributed by atoms with van der Waals surface area (Å²) in [5.74, 6) is 0.545. The average molecular weight is 246 g/mol. The lowest BCUT2D eigenvalue weighted by molar-refractivity contribution is -0.385. The number of nitro groups is 1. The number of nitrogens with zero attached hydrogens (tertiary/aromatic N) is 3. The molecule has 1 aromatic heterocycles. The lowest BCUT2D eigenvalue weighted by Crippen LogP contribution is -2.22. The maximum Gasteiger partial charge on any atom is 0.305 e. The Kier molecular flexibility index (Phi) is 3.72. The zero-order chi connectivity index (χ0) is 13.0. The van der Waals surface area contributed by atoms with Gasteiger partial charge in [0.15, 0.2) is 0 Å². The van der Waals surface area contributed by atoms with Gasteiger partial charge in [0.25, 0.3) is 0 Å². The number of aromatic nitrogens is 1. The molecule has 1 N–H and O–H groups in total. The van der Waals surface area contributed by atoms with E-state index in [1.165, 1.54) is 25.3 Å². The smallest absolute Gasteiger partial charge is 0.305 e. The van der Waals surface area contributed by atoms with Crippen molar-refractivity contribution < 1.29 is 4.92 Å². The predicted molar refractivity (Wildman–Crippen MR) is 66.1 cm³/mol. The van der Waals surface area contributed by atoms with E-state index in [4.69, 9.17) is 5.26 Å². The van der Waals surface area contributed by atoms with Crippen LogP contribution < -0.4 is 5.32 Å². The van der Waals surface area contributed by atoms with Gasteiger partial charge in [0.2, 0.25) is 5.69 Å². The first kappa shape index (κ1) is 12.3. The Morgan fingerprint density at radius 1 is 1.39 bits per heavy atom. The van der Waals surface area contributed by atoms with Gasteiger partial charge in [-0.05, 0) is 18.9 Å². The van der Waals surface area contributed by atoms with E-state index in [0.29, 0.717) is 11.9 Å². The Balaban J connectivity index is 2.14. The summed E-state index contributed by atoms with van der Waals surface area (Å²) in [6.07, 6.45) is 5.81. The number of nitriles is 1. The van der Waals surface area contributed by atoms with Crippen LogP contribution in [0.25, 0.3) is 0 Å². The summed E-state index contributed by atoms with van der Waals surface area (Å²) in [6, 6.07) is 5.02. The van der Waals surface area contributed by atoms with E-state index in [0.717, 1.165) is 12.8 Å². The van der Waals surface area contributed by atoms with E-state index in [1.54, 1.807) is 12.1 Å². The van der Waals surface area contributed by atoms with Gasteiger partial charge >= 0.3 is 5.69 Å². The molecular formula is C12H14N4O2. The minimum Gasteiger partial charge on any atom is -0.367 e. The molecule has 0 spiro atoms. The molecule has 94 valence electrons. The average Bonchev–Trinajstić information content (AvgIpc) is 2.39. The molecule has 0 amide bonds. The van der Waals surface area contributed by atoms with Gasteiger partial charge in [-0.1, -0.05) is 19.3 Å². The second-order valence-corrected chi connectivity index (χ2v) is 4.41. The molecule has 18 heavy (non-hydrogen) atoms. The van der Waals surface area contributed by atoms with E-state index < -0.39 is 4.92 Å². The molecule has 0 unspecified atom stereocenters. The van der Waals surface area contributed by atoms with Gasteiger partial charge in [-0.2, -0.15) is 5.26 Å². The van der Waals surface area contributed by atoms with Gasteiger partial charge in [0.05, 0.1) is 4.92 Å². The molecule has 0 aliphatic heterocycles. The Morgan fingerprint density at radius 2 is 2.11 bits per heavy atom.